The minimum absolute atomic E-state index is 0.376. The van der Waals surface area contributed by atoms with Crippen LogP contribution in [-0.4, -0.2) is 35.4 Å². The van der Waals surface area contributed by atoms with Crippen LogP contribution in [0.1, 0.15) is 6.42 Å². The van der Waals surface area contributed by atoms with Crippen LogP contribution in [0.25, 0.3) is 0 Å². The van der Waals surface area contributed by atoms with Gasteiger partial charge in [-0.15, -0.1) is 0 Å². The van der Waals surface area contributed by atoms with E-state index in [1.54, 1.807) is 0 Å². The van der Waals surface area contributed by atoms with Crippen LogP contribution < -0.4 is 11.2 Å². The lowest BCUT2D eigenvalue weighted by Crippen LogP contribution is -2.56. The maximum Gasteiger partial charge on any atom is 0.426 e. The molecule has 0 aliphatic carbocycles. The van der Waals surface area contributed by atoms with Gasteiger partial charge in [-0.1, -0.05) is 0 Å². The Balaban J connectivity index is 3.00. The molecule has 0 radical (unpaired) electrons. The van der Waals surface area contributed by atoms with Crippen molar-refractivity contribution in [3.05, 3.63) is 0 Å². The number of halogens is 6. The normalized spacial score (nSPS) is 22.2. The summed E-state index contributed by atoms with van der Waals surface area (Å²) < 4.78 is 79.0. The molecule has 0 atom stereocenters. The molecule has 0 aromatic carbocycles. The molecule has 1 aliphatic rings. The molecule has 0 bridgehead atoms. The summed E-state index contributed by atoms with van der Waals surface area (Å²) in [5.74, 6) is 0. The first-order chi connectivity index (χ1) is 7.99. The Bertz CT molecular complexity index is 362. The SMILES string of the molecule is NC(=S)N/N=C1/COC(C(F)(F)F)(C(F)(F)F)C1. The van der Waals surface area contributed by atoms with E-state index in [9.17, 15) is 26.3 Å². The highest BCUT2D eigenvalue weighted by atomic mass is 32.1. The van der Waals surface area contributed by atoms with Crippen molar-refractivity contribution in [1.29, 1.82) is 0 Å². The van der Waals surface area contributed by atoms with Crippen LogP contribution in [0.3, 0.4) is 0 Å². The molecule has 0 unspecified atom stereocenters. The fraction of sp³-hybridized carbons (Fsp3) is 0.714. The Morgan fingerprint density at radius 2 is 1.78 bits per heavy atom. The lowest BCUT2D eigenvalue weighted by molar-refractivity contribution is -0.367. The number of thiocarbonyl (C=S) groups is 1. The van der Waals surface area contributed by atoms with Gasteiger partial charge in [-0.3, -0.25) is 5.43 Å². The first-order valence-electron chi connectivity index (χ1n) is 4.38. The van der Waals surface area contributed by atoms with E-state index in [1.165, 1.54) is 0 Å². The van der Waals surface area contributed by atoms with E-state index in [4.69, 9.17) is 5.73 Å². The second kappa shape index (κ2) is 4.53. The smallest absolute Gasteiger partial charge is 0.375 e. The van der Waals surface area contributed by atoms with E-state index in [-0.39, 0.29) is 5.11 Å². The monoisotopic (exact) mass is 295 g/mol. The van der Waals surface area contributed by atoms with Gasteiger partial charge in [-0.05, 0) is 12.2 Å². The summed E-state index contributed by atoms with van der Waals surface area (Å²) in [5, 5.41) is 2.84. The Hall–Kier alpha value is -1.10. The van der Waals surface area contributed by atoms with Crippen LogP contribution in [0.5, 0.6) is 0 Å². The lowest BCUT2D eigenvalue weighted by atomic mass is 9.98. The number of hydrogen-bond donors (Lipinski definition) is 2. The molecule has 1 heterocycles. The van der Waals surface area contributed by atoms with Gasteiger partial charge >= 0.3 is 12.4 Å². The van der Waals surface area contributed by atoms with Crippen molar-refractivity contribution < 1.29 is 31.1 Å². The van der Waals surface area contributed by atoms with Crippen LogP contribution in [0.15, 0.2) is 5.10 Å². The summed E-state index contributed by atoms with van der Waals surface area (Å²) >= 11 is 4.31. The van der Waals surface area contributed by atoms with Gasteiger partial charge < -0.3 is 10.5 Å². The largest absolute Gasteiger partial charge is 0.426 e. The third-order valence-electron chi connectivity index (χ3n) is 2.18. The highest BCUT2D eigenvalue weighted by Crippen LogP contribution is 2.50. The molecule has 0 aromatic heterocycles. The molecule has 11 heteroatoms. The molecule has 1 aliphatic heterocycles. The average Bonchev–Trinajstić information content (AvgIpc) is 2.57. The Morgan fingerprint density at radius 1 is 1.28 bits per heavy atom. The molecule has 0 saturated carbocycles. The van der Waals surface area contributed by atoms with Gasteiger partial charge in [0.1, 0.15) is 0 Å². The number of alkyl halides is 6. The lowest BCUT2D eigenvalue weighted by Gasteiger charge is -2.31. The third kappa shape index (κ3) is 2.66. The van der Waals surface area contributed by atoms with Gasteiger partial charge in [0.05, 0.1) is 12.3 Å². The zero-order chi connectivity index (χ0) is 14.2. The second-order valence-corrected chi connectivity index (χ2v) is 3.88. The number of hydrogen-bond acceptors (Lipinski definition) is 3. The Labute approximate surface area is 102 Å². The summed E-state index contributed by atoms with van der Waals surface area (Å²) in [6.07, 6.45) is -12.6. The fourth-order valence-electron chi connectivity index (χ4n) is 1.33. The number of hydrazone groups is 1. The average molecular weight is 295 g/mol. The van der Waals surface area contributed by atoms with Gasteiger partial charge in [-0.25, -0.2) is 0 Å². The first-order valence-corrected chi connectivity index (χ1v) is 4.79. The number of rotatable bonds is 1. The molecule has 1 rings (SSSR count). The fourth-order valence-corrected chi connectivity index (χ4v) is 1.37. The van der Waals surface area contributed by atoms with E-state index in [0.29, 0.717) is 0 Å². The summed E-state index contributed by atoms with van der Waals surface area (Å²) in [7, 11) is 0. The molecule has 0 aromatic rings. The van der Waals surface area contributed by atoms with E-state index in [0.717, 1.165) is 0 Å². The van der Waals surface area contributed by atoms with Crippen molar-refractivity contribution in [3.63, 3.8) is 0 Å². The molecule has 3 N–H and O–H groups in total. The predicted octanol–water partition coefficient (Wildman–Crippen LogP) is 1.46. The van der Waals surface area contributed by atoms with E-state index in [2.05, 4.69) is 22.1 Å². The zero-order valence-corrected chi connectivity index (χ0v) is 9.34. The molecule has 104 valence electrons. The quantitative estimate of drug-likeness (QED) is 0.437. The van der Waals surface area contributed by atoms with Crippen molar-refractivity contribution in [2.75, 3.05) is 6.61 Å². The first kappa shape index (κ1) is 15.0. The second-order valence-electron chi connectivity index (χ2n) is 3.44. The van der Waals surface area contributed by atoms with Gasteiger partial charge in [0, 0.05) is 6.42 Å². The van der Waals surface area contributed by atoms with Crippen LogP contribution in [0.2, 0.25) is 0 Å². The minimum atomic E-state index is -5.59. The molecule has 1 saturated heterocycles. The van der Waals surface area contributed by atoms with Gasteiger partial charge in [0.2, 0.25) is 0 Å². The summed E-state index contributed by atoms with van der Waals surface area (Å²) in [6.45, 7) is -0.908. The zero-order valence-electron chi connectivity index (χ0n) is 8.52. The van der Waals surface area contributed by atoms with Crippen LogP contribution in [-0.2, 0) is 4.74 Å². The number of nitrogens with two attached hydrogens (primary N) is 1. The third-order valence-corrected chi connectivity index (χ3v) is 2.27. The van der Waals surface area contributed by atoms with Crippen molar-refractivity contribution in [1.82, 2.24) is 5.43 Å². The van der Waals surface area contributed by atoms with Crippen LogP contribution in [0.4, 0.5) is 26.3 Å². The molecule has 0 spiro atoms. The molecule has 4 nitrogen and oxygen atoms in total. The topological polar surface area (TPSA) is 59.6 Å². The van der Waals surface area contributed by atoms with Gasteiger partial charge in [-0.2, -0.15) is 31.4 Å². The number of nitrogens with zero attached hydrogens (tertiary/aromatic N) is 1. The highest BCUT2D eigenvalue weighted by molar-refractivity contribution is 7.80. The summed E-state index contributed by atoms with van der Waals surface area (Å²) in [6, 6.07) is 0. The van der Waals surface area contributed by atoms with Gasteiger partial charge in [0.25, 0.3) is 5.60 Å². The van der Waals surface area contributed by atoms with E-state index < -0.39 is 36.7 Å². The summed E-state index contributed by atoms with van der Waals surface area (Å²) in [4.78, 5) is 0. The molecular formula is C7H7F6N3OS. The van der Waals surface area contributed by atoms with Crippen molar-refractivity contribution in [3.8, 4) is 0 Å². The van der Waals surface area contributed by atoms with Crippen molar-refractivity contribution in [2.24, 2.45) is 10.8 Å². The molecule has 1 fully saturated rings. The maximum atomic E-state index is 12.5. The molecule has 0 amide bonds. The molecule has 18 heavy (non-hydrogen) atoms. The van der Waals surface area contributed by atoms with E-state index >= 15 is 0 Å². The number of ether oxygens (including phenoxy) is 1. The van der Waals surface area contributed by atoms with E-state index in [1.807, 2.05) is 5.43 Å². The summed E-state index contributed by atoms with van der Waals surface area (Å²) in [5.41, 5.74) is 2.15. The van der Waals surface area contributed by atoms with Gasteiger partial charge in [0.15, 0.2) is 5.11 Å². The maximum absolute atomic E-state index is 12.5. The predicted molar refractivity (Wildman–Crippen MR) is 52.8 cm³/mol. The standard InChI is InChI=1S/C7H7F6N3OS/c8-6(9,10)5(7(11,12)13)1-3(2-17-5)15-16-4(14)18/h1-2H2,(H3,14,16,18)/b15-3+. The molecular weight excluding hydrogens is 288 g/mol. The van der Waals surface area contributed by atoms with Crippen molar-refractivity contribution >= 4 is 23.0 Å². The van der Waals surface area contributed by atoms with Crippen molar-refractivity contribution in [2.45, 2.75) is 24.4 Å². The minimum Gasteiger partial charge on any atom is -0.375 e. The Kier molecular flexibility index (Phi) is 3.77. The Morgan fingerprint density at radius 3 is 2.11 bits per heavy atom. The van der Waals surface area contributed by atoms with Crippen LogP contribution in [0, 0.1) is 0 Å². The number of nitrogens with one attached hydrogen (secondary N) is 1. The highest BCUT2D eigenvalue weighted by Gasteiger charge is 2.74. The van der Waals surface area contributed by atoms with Crippen LogP contribution >= 0.6 is 12.2 Å².